The number of hydrogen-bond acceptors (Lipinski definition) is 4. The molecular weight excluding hydrogens is 296 g/mol. The summed E-state index contributed by atoms with van der Waals surface area (Å²) in [5.41, 5.74) is 1.96. The Morgan fingerprint density at radius 3 is 2.50 bits per heavy atom. The van der Waals surface area contributed by atoms with Gasteiger partial charge in [-0.1, -0.05) is 36.4 Å². The van der Waals surface area contributed by atoms with Crippen LogP contribution in [-0.2, 0) is 11.3 Å². The fourth-order valence-corrected chi connectivity index (χ4v) is 2.05. The standard InChI is InChI=1S/C18H18O3S/c1-19-16-9-10-17(20-2)15(12-16)13-21-18(22)11-8-14-6-4-3-5-7-14/h3-12H,13H2,1-2H3/b11-8+. The van der Waals surface area contributed by atoms with E-state index >= 15 is 0 Å². The van der Waals surface area contributed by atoms with E-state index in [1.807, 2.05) is 54.6 Å². The van der Waals surface area contributed by atoms with E-state index < -0.39 is 0 Å². The average Bonchev–Trinajstić information content (AvgIpc) is 2.58. The first-order valence-corrected chi connectivity index (χ1v) is 7.24. The minimum atomic E-state index is 0.332. The third-order valence-corrected chi connectivity index (χ3v) is 3.32. The van der Waals surface area contributed by atoms with Crippen LogP contribution >= 0.6 is 12.2 Å². The third-order valence-electron chi connectivity index (χ3n) is 3.07. The Morgan fingerprint density at radius 1 is 1.05 bits per heavy atom. The summed E-state index contributed by atoms with van der Waals surface area (Å²) in [6, 6.07) is 15.5. The van der Waals surface area contributed by atoms with Crippen LogP contribution in [0.3, 0.4) is 0 Å². The molecule has 2 rings (SSSR count). The largest absolute Gasteiger partial charge is 0.497 e. The van der Waals surface area contributed by atoms with Gasteiger partial charge in [0.25, 0.3) is 0 Å². The van der Waals surface area contributed by atoms with Crippen molar-refractivity contribution in [2.75, 3.05) is 14.2 Å². The zero-order valence-electron chi connectivity index (χ0n) is 12.6. The predicted octanol–water partition coefficient (Wildman–Crippen LogP) is 4.26. The van der Waals surface area contributed by atoms with Gasteiger partial charge >= 0.3 is 0 Å². The molecule has 0 aliphatic heterocycles. The molecule has 2 aromatic rings. The van der Waals surface area contributed by atoms with Crippen LogP contribution < -0.4 is 9.47 Å². The molecule has 22 heavy (non-hydrogen) atoms. The van der Waals surface area contributed by atoms with Crippen molar-refractivity contribution in [1.29, 1.82) is 0 Å². The van der Waals surface area contributed by atoms with Gasteiger partial charge in [-0.25, -0.2) is 0 Å². The van der Waals surface area contributed by atoms with Crippen LogP contribution in [0, 0.1) is 0 Å². The highest BCUT2D eigenvalue weighted by atomic mass is 32.1. The van der Waals surface area contributed by atoms with E-state index in [9.17, 15) is 0 Å². The maximum atomic E-state index is 5.60. The lowest BCUT2D eigenvalue weighted by Crippen LogP contribution is -2.01. The average molecular weight is 314 g/mol. The van der Waals surface area contributed by atoms with E-state index in [1.165, 1.54) is 0 Å². The summed E-state index contributed by atoms with van der Waals surface area (Å²) in [5, 5.41) is 0.425. The first-order chi connectivity index (χ1) is 10.7. The molecule has 3 nitrogen and oxygen atoms in total. The van der Waals surface area contributed by atoms with Gasteiger partial charge in [0.1, 0.15) is 18.1 Å². The molecule has 0 aliphatic rings. The molecule has 0 saturated carbocycles. The van der Waals surface area contributed by atoms with Gasteiger partial charge in [-0.3, -0.25) is 0 Å². The first-order valence-electron chi connectivity index (χ1n) is 6.83. The summed E-state index contributed by atoms with van der Waals surface area (Å²) in [6.07, 6.45) is 3.70. The SMILES string of the molecule is COc1ccc(OC)c(COC(=S)/C=C/c2ccccc2)c1. The van der Waals surface area contributed by atoms with E-state index in [0.717, 1.165) is 22.6 Å². The maximum Gasteiger partial charge on any atom is 0.184 e. The normalized spacial score (nSPS) is 10.5. The Bertz CT molecular complexity index is 651. The zero-order valence-corrected chi connectivity index (χ0v) is 13.4. The summed E-state index contributed by atoms with van der Waals surface area (Å²) in [7, 11) is 3.25. The van der Waals surface area contributed by atoms with Gasteiger partial charge in [0.2, 0.25) is 0 Å². The number of rotatable bonds is 6. The molecule has 114 valence electrons. The molecule has 0 aromatic heterocycles. The fourth-order valence-electron chi connectivity index (χ4n) is 1.92. The molecule has 0 bridgehead atoms. The Morgan fingerprint density at radius 2 is 1.82 bits per heavy atom. The Labute approximate surface area is 136 Å². The lowest BCUT2D eigenvalue weighted by molar-refractivity contribution is 0.292. The van der Waals surface area contributed by atoms with Crippen molar-refractivity contribution in [3.8, 4) is 11.5 Å². The molecule has 0 spiro atoms. The second-order valence-electron chi connectivity index (χ2n) is 4.53. The van der Waals surface area contributed by atoms with Crippen LogP contribution in [-0.4, -0.2) is 19.3 Å². The minimum Gasteiger partial charge on any atom is -0.497 e. The van der Waals surface area contributed by atoms with Crippen LogP contribution in [0.2, 0.25) is 0 Å². The molecule has 0 fully saturated rings. The van der Waals surface area contributed by atoms with Crippen molar-refractivity contribution in [2.24, 2.45) is 0 Å². The van der Waals surface area contributed by atoms with E-state index in [-0.39, 0.29) is 0 Å². The van der Waals surface area contributed by atoms with Crippen molar-refractivity contribution in [3.63, 3.8) is 0 Å². The third kappa shape index (κ3) is 4.60. The van der Waals surface area contributed by atoms with Gasteiger partial charge in [0, 0.05) is 5.56 Å². The lowest BCUT2D eigenvalue weighted by Gasteiger charge is -2.11. The summed E-state index contributed by atoms with van der Waals surface area (Å²) < 4.78 is 16.1. The van der Waals surface area contributed by atoms with Gasteiger partial charge in [-0.15, -0.1) is 0 Å². The van der Waals surface area contributed by atoms with Crippen molar-refractivity contribution in [2.45, 2.75) is 6.61 Å². The molecule has 2 aromatic carbocycles. The predicted molar refractivity (Wildman–Crippen MR) is 92.4 cm³/mol. The summed E-state index contributed by atoms with van der Waals surface area (Å²) in [5.74, 6) is 1.50. The number of methoxy groups -OCH3 is 2. The molecule has 0 N–H and O–H groups in total. The van der Waals surface area contributed by atoms with Crippen LogP contribution in [0.5, 0.6) is 11.5 Å². The number of benzene rings is 2. The van der Waals surface area contributed by atoms with Crippen LogP contribution in [0.1, 0.15) is 11.1 Å². The molecule has 0 radical (unpaired) electrons. The molecule has 0 aliphatic carbocycles. The lowest BCUT2D eigenvalue weighted by atomic mass is 10.2. The zero-order chi connectivity index (χ0) is 15.8. The van der Waals surface area contributed by atoms with Crippen molar-refractivity contribution < 1.29 is 14.2 Å². The molecule has 0 amide bonds. The van der Waals surface area contributed by atoms with Crippen LogP contribution in [0.4, 0.5) is 0 Å². The smallest absolute Gasteiger partial charge is 0.184 e. The molecule has 0 saturated heterocycles. The maximum absolute atomic E-state index is 5.60. The Balaban J connectivity index is 1.97. The first kappa shape index (κ1) is 16.0. The Kier molecular flexibility index (Phi) is 5.98. The van der Waals surface area contributed by atoms with Gasteiger partial charge < -0.3 is 14.2 Å². The monoisotopic (exact) mass is 314 g/mol. The van der Waals surface area contributed by atoms with E-state index in [1.54, 1.807) is 20.3 Å². The minimum absolute atomic E-state index is 0.332. The highest BCUT2D eigenvalue weighted by Crippen LogP contribution is 2.24. The molecule has 0 atom stereocenters. The van der Waals surface area contributed by atoms with E-state index in [2.05, 4.69) is 0 Å². The molecular formula is C18H18O3S. The van der Waals surface area contributed by atoms with Gasteiger partial charge in [0.05, 0.1) is 14.2 Å². The van der Waals surface area contributed by atoms with E-state index in [0.29, 0.717) is 11.7 Å². The number of ether oxygens (including phenoxy) is 3. The highest BCUT2D eigenvalue weighted by molar-refractivity contribution is 7.80. The molecule has 0 unspecified atom stereocenters. The van der Waals surface area contributed by atoms with Gasteiger partial charge in [-0.05, 0) is 42.1 Å². The summed E-state index contributed by atoms with van der Waals surface area (Å²) >= 11 is 5.21. The second-order valence-corrected chi connectivity index (χ2v) is 4.93. The number of hydrogen-bond donors (Lipinski definition) is 0. The summed E-state index contributed by atoms with van der Waals surface area (Å²) in [4.78, 5) is 0. The number of thiocarbonyl (C=S) groups is 1. The molecule has 0 heterocycles. The second kappa shape index (κ2) is 8.20. The van der Waals surface area contributed by atoms with Crippen LogP contribution in [0.25, 0.3) is 6.08 Å². The van der Waals surface area contributed by atoms with Gasteiger partial charge in [0.15, 0.2) is 5.05 Å². The van der Waals surface area contributed by atoms with E-state index in [4.69, 9.17) is 26.4 Å². The highest BCUT2D eigenvalue weighted by Gasteiger charge is 2.06. The van der Waals surface area contributed by atoms with Crippen molar-refractivity contribution in [3.05, 3.63) is 65.7 Å². The molecule has 4 heteroatoms. The van der Waals surface area contributed by atoms with Crippen molar-refractivity contribution >= 4 is 23.3 Å². The Hall–Kier alpha value is -2.33. The fraction of sp³-hybridized carbons (Fsp3) is 0.167. The van der Waals surface area contributed by atoms with Gasteiger partial charge in [-0.2, -0.15) is 0 Å². The van der Waals surface area contributed by atoms with Crippen molar-refractivity contribution in [1.82, 2.24) is 0 Å². The quantitative estimate of drug-likeness (QED) is 0.588. The topological polar surface area (TPSA) is 27.7 Å². The summed E-state index contributed by atoms with van der Waals surface area (Å²) in [6.45, 7) is 0.332. The van der Waals surface area contributed by atoms with Crippen LogP contribution in [0.15, 0.2) is 54.6 Å².